The van der Waals surface area contributed by atoms with Crippen LogP contribution in [0, 0.1) is 5.92 Å². The van der Waals surface area contributed by atoms with Gasteiger partial charge in [-0.3, -0.25) is 4.68 Å². The molecule has 1 heterocycles. The zero-order chi connectivity index (χ0) is 13.7. The zero-order valence-corrected chi connectivity index (χ0v) is 12.2. The average Bonchev–Trinajstić information content (AvgIpc) is 2.79. The first-order valence-electron chi connectivity index (χ1n) is 6.61. The molecule has 0 amide bonds. The van der Waals surface area contributed by atoms with Gasteiger partial charge in [-0.1, -0.05) is 43.6 Å². The predicted molar refractivity (Wildman–Crippen MR) is 79.3 cm³/mol. The van der Waals surface area contributed by atoms with Crippen LogP contribution >= 0.6 is 11.6 Å². The van der Waals surface area contributed by atoms with Crippen molar-refractivity contribution in [2.75, 3.05) is 6.54 Å². The van der Waals surface area contributed by atoms with Crippen molar-refractivity contribution in [2.24, 2.45) is 5.92 Å². The van der Waals surface area contributed by atoms with Crippen molar-refractivity contribution in [3.05, 3.63) is 52.8 Å². The number of hydrogen-bond donors (Lipinski definition) is 1. The summed E-state index contributed by atoms with van der Waals surface area (Å²) in [6, 6.07) is 9.92. The van der Waals surface area contributed by atoms with Gasteiger partial charge in [-0.25, -0.2) is 0 Å². The van der Waals surface area contributed by atoms with Crippen LogP contribution in [0.5, 0.6) is 0 Å². The topological polar surface area (TPSA) is 29.9 Å². The Hall–Kier alpha value is -1.32. The van der Waals surface area contributed by atoms with Gasteiger partial charge in [0, 0.05) is 17.8 Å². The highest BCUT2D eigenvalue weighted by Crippen LogP contribution is 2.15. The van der Waals surface area contributed by atoms with Gasteiger partial charge in [0.15, 0.2) is 0 Å². The fraction of sp³-hybridized carbons (Fsp3) is 0.400. The molecule has 1 N–H and O–H groups in total. The molecule has 1 aromatic heterocycles. The summed E-state index contributed by atoms with van der Waals surface area (Å²) < 4.78 is 1.92. The standard InChI is InChI=1S/C15H20ClN3/c1-12(2)9-17-10-14-7-8-19(18-14)11-13-5-3-4-6-15(13)16/h3-8,12,17H,9-11H2,1-2H3. The van der Waals surface area contributed by atoms with Gasteiger partial charge in [0.25, 0.3) is 0 Å². The number of nitrogens with zero attached hydrogens (tertiary/aromatic N) is 2. The van der Waals surface area contributed by atoms with E-state index in [0.717, 1.165) is 29.4 Å². The van der Waals surface area contributed by atoms with Gasteiger partial charge in [-0.15, -0.1) is 0 Å². The Bertz CT molecular complexity index is 520. The molecule has 0 aliphatic carbocycles. The molecular weight excluding hydrogens is 258 g/mol. The van der Waals surface area contributed by atoms with E-state index in [2.05, 4.69) is 24.3 Å². The minimum atomic E-state index is 0.658. The fourth-order valence-electron chi connectivity index (χ4n) is 1.88. The van der Waals surface area contributed by atoms with Crippen molar-refractivity contribution in [3.63, 3.8) is 0 Å². The Balaban J connectivity index is 1.92. The highest BCUT2D eigenvalue weighted by molar-refractivity contribution is 6.31. The summed E-state index contributed by atoms with van der Waals surface area (Å²) in [5, 5.41) is 8.72. The summed E-state index contributed by atoms with van der Waals surface area (Å²) in [4.78, 5) is 0. The Kier molecular flexibility index (Phi) is 5.00. The third-order valence-electron chi connectivity index (χ3n) is 2.84. The highest BCUT2D eigenvalue weighted by Gasteiger charge is 2.03. The van der Waals surface area contributed by atoms with E-state index in [9.17, 15) is 0 Å². The van der Waals surface area contributed by atoms with Crippen LogP contribution in [0.4, 0.5) is 0 Å². The maximum atomic E-state index is 6.15. The lowest BCUT2D eigenvalue weighted by Gasteiger charge is -2.06. The maximum Gasteiger partial charge on any atom is 0.0762 e. The number of halogens is 1. The van der Waals surface area contributed by atoms with Crippen molar-refractivity contribution < 1.29 is 0 Å². The number of nitrogens with one attached hydrogen (secondary N) is 1. The molecule has 2 aromatic rings. The average molecular weight is 278 g/mol. The van der Waals surface area contributed by atoms with Gasteiger partial charge in [0.2, 0.25) is 0 Å². The number of hydrogen-bond acceptors (Lipinski definition) is 2. The van der Waals surface area contributed by atoms with Gasteiger partial charge in [0.05, 0.1) is 12.2 Å². The van der Waals surface area contributed by atoms with Gasteiger partial charge in [-0.2, -0.15) is 5.10 Å². The number of benzene rings is 1. The Labute approximate surface area is 119 Å². The Morgan fingerprint density at radius 1 is 1.26 bits per heavy atom. The summed E-state index contributed by atoms with van der Waals surface area (Å²) in [6.45, 7) is 6.93. The molecule has 0 saturated heterocycles. The van der Waals surface area contributed by atoms with E-state index in [1.54, 1.807) is 0 Å². The molecule has 2 rings (SSSR count). The molecule has 0 unspecified atom stereocenters. The lowest BCUT2D eigenvalue weighted by molar-refractivity contribution is 0.543. The molecule has 4 heteroatoms. The van der Waals surface area contributed by atoms with Gasteiger partial charge >= 0.3 is 0 Å². The highest BCUT2D eigenvalue weighted by atomic mass is 35.5. The quantitative estimate of drug-likeness (QED) is 0.878. The smallest absolute Gasteiger partial charge is 0.0762 e. The van der Waals surface area contributed by atoms with E-state index in [-0.39, 0.29) is 0 Å². The summed E-state index contributed by atoms with van der Waals surface area (Å²) in [5.74, 6) is 0.658. The van der Waals surface area contributed by atoms with Crippen molar-refractivity contribution in [1.29, 1.82) is 0 Å². The molecule has 0 aliphatic heterocycles. The second-order valence-corrected chi connectivity index (χ2v) is 5.53. The van der Waals surface area contributed by atoms with Gasteiger partial charge < -0.3 is 5.32 Å². The molecule has 3 nitrogen and oxygen atoms in total. The van der Waals surface area contributed by atoms with Crippen LogP contribution in [0.25, 0.3) is 0 Å². The molecule has 0 fully saturated rings. The molecule has 0 saturated carbocycles. The largest absolute Gasteiger partial charge is 0.311 e. The Morgan fingerprint density at radius 2 is 2.05 bits per heavy atom. The number of rotatable bonds is 6. The van der Waals surface area contributed by atoms with E-state index in [4.69, 9.17) is 11.6 Å². The van der Waals surface area contributed by atoms with Crippen LogP contribution in [0.1, 0.15) is 25.1 Å². The Morgan fingerprint density at radius 3 is 2.79 bits per heavy atom. The molecule has 0 spiro atoms. The SMILES string of the molecule is CC(C)CNCc1ccn(Cc2ccccc2Cl)n1. The third-order valence-corrected chi connectivity index (χ3v) is 3.21. The molecule has 1 aromatic carbocycles. The molecule has 19 heavy (non-hydrogen) atoms. The van der Waals surface area contributed by atoms with E-state index in [1.807, 2.05) is 41.2 Å². The molecule has 0 radical (unpaired) electrons. The summed E-state index contributed by atoms with van der Waals surface area (Å²) in [5.41, 5.74) is 2.15. The van der Waals surface area contributed by atoms with Crippen LogP contribution in [-0.4, -0.2) is 16.3 Å². The second-order valence-electron chi connectivity index (χ2n) is 5.12. The van der Waals surface area contributed by atoms with Crippen LogP contribution in [0.3, 0.4) is 0 Å². The first-order valence-corrected chi connectivity index (χ1v) is 6.99. The van der Waals surface area contributed by atoms with Gasteiger partial charge in [-0.05, 0) is 30.2 Å². The zero-order valence-electron chi connectivity index (χ0n) is 11.4. The van der Waals surface area contributed by atoms with E-state index < -0.39 is 0 Å². The molecule has 0 atom stereocenters. The van der Waals surface area contributed by atoms with E-state index >= 15 is 0 Å². The first-order chi connectivity index (χ1) is 9.15. The first kappa shape index (κ1) is 14.1. The summed E-state index contributed by atoms with van der Waals surface area (Å²) in [7, 11) is 0. The van der Waals surface area contributed by atoms with Crippen molar-refractivity contribution in [3.8, 4) is 0 Å². The van der Waals surface area contributed by atoms with Crippen LogP contribution in [0.15, 0.2) is 36.5 Å². The molecule has 0 aliphatic rings. The third kappa shape index (κ3) is 4.37. The van der Waals surface area contributed by atoms with Crippen LogP contribution in [-0.2, 0) is 13.1 Å². The maximum absolute atomic E-state index is 6.15. The summed E-state index contributed by atoms with van der Waals surface area (Å²) >= 11 is 6.15. The van der Waals surface area contributed by atoms with E-state index in [0.29, 0.717) is 12.5 Å². The number of aromatic nitrogens is 2. The lowest BCUT2D eigenvalue weighted by Crippen LogP contribution is -2.19. The molecule has 0 bridgehead atoms. The normalized spacial score (nSPS) is 11.2. The van der Waals surface area contributed by atoms with Crippen molar-refractivity contribution in [2.45, 2.75) is 26.9 Å². The second kappa shape index (κ2) is 6.73. The molecular formula is C15H20ClN3. The van der Waals surface area contributed by atoms with Crippen LogP contribution < -0.4 is 5.32 Å². The minimum absolute atomic E-state index is 0.658. The van der Waals surface area contributed by atoms with Crippen LogP contribution in [0.2, 0.25) is 5.02 Å². The summed E-state index contributed by atoms with van der Waals surface area (Å²) in [6.07, 6.45) is 2.00. The minimum Gasteiger partial charge on any atom is -0.311 e. The molecule has 102 valence electrons. The van der Waals surface area contributed by atoms with Crippen molar-refractivity contribution in [1.82, 2.24) is 15.1 Å². The van der Waals surface area contributed by atoms with Gasteiger partial charge in [0.1, 0.15) is 0 Å². The monoisotopic (exact) mass is 277 g/mol. The lowest BCUT2D eigenvalue weighted by atomic mass is 10.2. The fourth-order valence-corrected chi connectivity index (χ4v) is 2.07. The van der Waals surface area contributed by atoms with Crippen molar-refractivity contribution >= 4 is 11.6 Å². The predicted octanol–water partition coefficient (Wildman–Crippen LogP) is 3.33. The van der Waals surface area contributed by atoms with E-state index in [1.165, 1.54) is 0 Å².